The summed E-state index contributed by atoms with van der Waals surface area (Å²) in [6.45, 7) is 11.0. The Balaban J connectivity index is 2.05. The van der Waals surface area contributed by atoms with E-state index in [1.165, 1.54) is 11.1 Å². The first-order valence-corrected chi connectivity index (χ1v) is 7.91. The van der Waals surface area contributed by atoms with Crippen LogP contribution in [0.25, 0.3) is 0 Å². The van der Waals surface area contributed by atoms with Crippen molar-refractivity contribution in [1.82, 2.24) is 9.88 Å². The molecular formula is C19H28N2. The first-order valence-electron chi connectivity index (χ1n) is 7.91. The van der Waals surface area contributed by atoms with E-state index < -0.39 is 0 Å². The van der Waals surface area contributed by atoms with Crippen LogP contribution in [0.5, 0.6) is 0 Å². The zero-order valence-electron chi connectivity index (χ0n) is 13.8. The molecule has 2 nitrogen and oxygen atoms in total. The van der Waals surface area contributed by atoms with E-state index in [1.807, 2.05) is 0 Å². The quantitative estimate of drug-likeness (QED) is 0.808. The van der Waals surface area contributed by atoms with E-state index in [2.05, 4.69) is 86.4 Å². The lowest BCUT2D eigenvalue weighted by molar-refractivity contribution is 0.310. The van der Waals surface area contributed by atoms with Gasteiger partial charge in [0, 0.05) is 31.5 Å². The fourth-order valence-electron chi connectivity index (χ4n) is 2.64. The van der Waals surface area contributed by atoms with Gasteiger partial charge in [-0.3, -0.25) is 0 Å². The van der Waals surface area contributed by atoms with Gasteiger partial charge in [0.1, 0.15) is 0 Å². The van der Waals surface area contributed by atoms with Crippen molar-refractivity contribution in [2.75, 3.05) is 0 Å². The molecule has 0 aliphatic carbocycles. The maximum Gasteiger partial charge on any atom is 0.0328 e. The third-order valence-electron chi connectivity index (χ3n) is 3.75. The predicted molar refractivity (Wildman–Crippen MR) is 90.2 cm³/mol. The Bertz CT molecular complexity index is 534. The second-order valence-electron chi connectivity index (χ2n) is 6.96. The van der Waals surface area contributed by atoms with Crippen molar-refractivity contribution in [3.8, 4) is 0 Å². The normalized spacial score (nSPS) is 13.3. The van der Waals surface area contributed by atoms with Crippen LogP contribution in [0, 0.1) is 5.41 Å². The zero-order valence-corrected chi connectivity index (χ0v) is 13.8. The summed E-state index contributed by atoms with van der Waals surface area (Å²) in [6.07, 6.45) is 5.51. The molecule has 0 aliphatic heterocycles. The van der Waals surface area contributed by atoms with Gasteiger partial charge in [-0.1, -0.05) is 51.1 Å². The molecule has 0 saturated heterocycles. The summed E-state index contributed by atoms with van der Waals surface area (Å²) >= 11 is 0. The summed E-state index contributed by atoms with van der Waals surface area (Å²) in [4.78, 5) is 0. The third-order valence-corrected chi connectivity index (χ3v) is 3.75. The average Bonchev–Trinajstić information content (AvgIpc) is 2.91. The van der Waals surface area contributed by atoms with E-state index in [0.717, 1.165) is 19.5 Å². The van der Waals surface area contributed by atoms with Crippen molar-refractivity contribution in [3.05, 3.63) is 59.9 Å². The molecule has 1 N–H and O–H groups in total. The third kappa shape index (κ3) is 5.05. The van der Waals surface area contributed by atoms with E-state index in [9.17, 15) is 0 Å². The van der Waals surface area contributed by atoms with E-state index in [4.69, 9.17) is 0 Å². The highest BCUT2D eigenvalue weighted by atomic mass is 14.9. The molecule has 2 rings (SSSR count). The molecule has 2 heteroatoms. The van der Waals surface area contributed by atoms with Crippen LogP contribution in [0.1, 0.15) is 51.3 Å². The van der Waals surface area contributed by atoms with Gasteiger partial charge in [0.15, 0.2) is 0 Å². The second kappa shape index (κ2) is 6.95. The topological polar surface area (TPSA) is 17.0 Å². The molecule has 1 heterocycles. The highest BCUT2D eigenvalue weighted by Crippen LogP contribution is 2.29. The van der Waals surface area contributed by atoms with Crippen molar-refractivity contribution in [2.45, 2.75) is 53.2 Å². The minimum Gasteiger partial charge on any atom is -0.354 e. The van der Waals surface area contributed by atoms with E-state index in [-0.39, 0.29) is 0 Å². The average molecular weight is 284 g/mol. The molecule has 21 heavy (non-hydrogen) atoms. The van der Waals surface area contributed by atoms with Gasteiger partial charge in [0.05, 0.1) is 0 Å². The van der Waals surface area contributed by atoms with Crippen molar-refractivity contribution in [2.24, 2.45) is 5.41 Å². The largest absolute Gasteiger partial charge is 0.354 e. The Labute approximate surface area is 129 Å². The van der Waals surface area contributed by atoms with Crippen LogP contribution in [-0.2, 0) is 13.1 Å². The fourth-order valence-corrected chi connectivity index (χ4v) is 2.64. The number of aromatic nitrogens is 1. The van der Waals surface area contributed by atoms with E-state index >= 15 is 0 Å². The minimum absolute atomic E-state index is 0.308. The Morgan fingerprint density at radius 2 is 1.81 bits per heavy atom. The predicted octanol–water partition coefficient (Wildman–Crippen LogP) is 4.78. The van der Waals surface area contributed by atoms with Gasteiger partial charge in [-0.15, -0.1) is 0 Å². The molecular weight excluding hydrogens is 256 g/mol. The van der Waals surface area contributed by atoms with Crippen LogP contribution in [0.4, 0.5) is 0 Å². The first-order chi connectivity index (χ1) is 9.98. The highest BCUT2D eigenvalue weighted by Gasteiger charge is 2.19. The van der Waals surface area contributed by atoms with Gasteiger partial charge in [0.25, 0.3) is 0 Å². The molecule has 1 unspecified atom stereocenters. The van der Waals surface area contributed by atoms with Crippen molar-refractivity contribution >= 4 is 0 Å². The molecule has 0 amide bonds. The Morgan fingerprint density at radius 1 is 1.10 bits per heavy atom. The van der Waals surface area contributed by atoms with Gasteiger partial charge in [0.2, 0.25) is 0 Å². The lowest BCUT2D eigenvalue weighted by atomic mass is 9.85. The van der Waals surface area contributed by atoms with Gasteiger partial charge in [-0.2, -0.15) is 0 Å². The lowest BCUT2D eigenvalue weighted by Gasteiger charge is -2.27. The second-order valence-corrected chi connectivity index (χ2v) is 6.96. The highest BCUT2D eigenvalue weighted by molar-refractivity contribution is 5.20. The first kappa shape index (κ1) is 15.8. The molecule has 114 valence electrons. The van der Waals surface area contributed by atoms with Gasteiger partial charge in [-0.25, -0.2) is 0 Å². The molecule has 0 bridgehead atoms. The molecule has 0 fully saturated rings. The number of hydrogen-bond acceptors (Lipinski definition) is 1. The molecule has 1 aromatic heterocycles. The van der Waals surface area contributed by atoms with Crippen LogP contribution in [0.2, 0.25) is 0 Å². The molecule has 2 aromatic rings. The SMILES string of the molecule is CCn1ccc(CNC(CC(C)(C)C)c2ccccc2)c1. The molecule has 1 atom stereocenters. The van der Waals surface area contributed by atoms with Crippen LogP contribution in [-0.4, -0.2) is 4.57 Å². The number of nitrogens with one attached hydrogen (secondary N) is 1. The Kier molecular flexibility index (Phi) is 5.24. The maximum atomic E-state index is 3.73. The molecule has 0 radical (unpaired) electrons. The lowest BCUT2D eigenvalue weighted by Crippen LogP contribution is -2.25. The number of benzene rings is 1. The Hall–Kier alpha value is -1.54. The number of aryl methyl sites for hydroxylation is 1. The Morgan fingerprint density at radius 3 is 2.38 bits per heavy atom. The molecule has 0 saturated carbocycles. The van der Waals surface area contributed by atoms with E-state index in [1.54, 1.807) is 0 Å². The molecule has 0 aliphatic rings. The number of hydrogen-bond donors (Lipinski definition) is 1. The van der Waals surface area contributed by atoms with Gasteiger partial charge < -0.3 is 9.88 Å². The summed E-state index contributed by atoms with van der Waals surface area (Å²) in [5, 5.41) is 3.73. The van der Waals surface area contributed by atoms with E-state index in [0.29, 0.717) is 11.5 Å². The van der Waals surface area contributed by atoms with Gasteiger partial charge >= 0.3 is 0 Å². The monoisotopic (exact) mass is 284 g/mol. The minimum atomic E-state index is 0.308. The molecule has 0 spiro atoms. The maximum absolute atomic E-state index is 3.73. The number of nitrogens with zero attached hydrogens (tertiary/aromatic N) is 1. The summed E-state index contributed by atoms with van der Waals surface area (Å²) < 4.78 is 2.22. The van der Waals surface area contributed by atoms with Crippen LogP contribution < -0.4 is 5.32 Å². The standard InChI is InChI=1S/C19H28N2/c1-5-21-12-11-16(15-21)14-20-18(13-19(2,3)4)17-9-7-6-8-10-17/h6-12,15,18,20H,5,13-14H2,1-4H3. The summed E-state index contributed by atoms with van der Waals surface area (Å²) in [5.41, 5.74) is 3.04. The summed E-state index contributed by atoms with van der Waals surface area (Å²) in [7, 11) is 0. The van der Waals surface area contributed by atoms with Crippen LogP contribution in [0.15, 0.2) is 48.8 Å². The zero-order chi connectivity index (χ0) is 15.3. The smallest absolute Gasteiger partial charge is 0.0328 e. The van der Waals surface area contributed by atoms with Crippen molar-refractivity contribution in [3.63, 3.8) is 0 Å². The fraction of sp³-hybridized carbons (Fsp3) is 0.474. The summed E-state index contributed by atoms with van der Waals surface area (Å²) in [5.74, 6) is 0. The van der Waals surface area contributed by atoms with Crippen molar-refractivity contribution < 1.29 is 0 Å². The molecule has 1 aromatic carbocycles. The van der Waals surface area contributed by atoms with Crippen LogP contribution >= 0.6 is 0 Å². The number of rotatable bonds is 6. The summed E-state index contributed by atoms with van der Waals surface area (Å²) in [6, 6.07) is 13.4. The van der Waals surface area contributed by atoms with Crippen LogP contribution in [0.3, 0.4) is 0 Å². The van der Waals surface area contributed by atoms with Gasteiger partial charge in [-0.05, 0) is 36.0 Å². The van der Waals surface area contributed by atoms with Crippen molar-refractivity contribution in [1.29, 1.82) is 0 Å².